The molecule has 8 atom stereocenters. The van der Waals surface area contributed by atoms with Gasteiger partial charge in [0.2, 0.25) is 13.6 Å². The van der Waals surface area contributed by atoms with Crippen LogP contribution in [0, 0.1) is 35.5 Å². The van der Waals surface area contributed by atoms with E-state index in [9.17, 15) is 43.5 Å². The Balaban J connectivity index is 1.82. The number of ether oxygens (including phenoxy) is 8. The number of hydrogen-bond acceptors (Lipinski definition) is 18. The highest BCUT2D eigenvalue weighted by Crippen LogP contribution is 2.29. The van der Waals surface area contributed by atoms with Gasteiger partial charge in [0, 0.05) is 19.3 Å². The van der Waals surface area contributed by atoms with E-state index in [1.165, 1.54) is 25.7 Å². The number of rotatable bonds is 54. The zero-order valence-corrected chi connectivity index (χ0v) is 56.0. The lowest BCUT2D eigenvalue weighted by Gasteiger charge is -2.20. The van der Waals surface area contributed by atoms with Crippen LogP contribution in [0.2, 0.25) is 0 Å². The van der Waals surface area contributed by atoms with Crippen molar-refractivity contribution in [1.82, 2.24) is 0 Å². The van der Waals surface area contributed by atoms with Gasteiger partial charge in [0.15, 0.2) is 6.10 Å². The Bertz CT molecular complexity index is 2200. The first kappa shape index (κ1) is 81.2. The first-order valence-electron chi connectivity index (χ1n) is 34.8. The number of carbonyl (C=O) groups excluding carboxylic acids is 8. The predicted octanol–water partition coefficient (Wildman–Crippen LogP) is 14.8. The fourth-order valence-corrected chi connectivity index (χ4v) is 10.8. The summed E-state index contributed by atoms with van der Waals surface area (Å²) >= 11 is 0. The number of hydrogen-bond donors (Lipinski definition) is 2. The maximum atomic E-state index is 13.1. The maximum absolute atomic E-state index is 13.1. The number of carbonyl (C=O) groups is 8. The lowest BCUT2D eigenvalue weighted by atomic mass is 9.85. The zero-order valence-electron chi connectivity index (χ0n) is 56.0. The van der Waals surface area contributed by atoms with Gasteiger partial charge in [-0.25, -0.2) is 0 Å². The van der Waals surface area contributed by atoms with E-state index in [-0.39, 0.29) is 95.2 Å². The van der Waals surface area contributed by atoms with Crippen molar-refractivity contribution < 1.29 is 86.5 Å². The minimum Gasteiger partial charge on any atom is -0.463 e. The summed E-state index contributed by atoms with van der Waals surface area (Å²) in [6.07, 6.45) is 50.8. The molecule has 0 aromatic heterocycles. The molecule has 0 aromatic carbocycles. The van der Waals surface area contributed by atoms with E-state index in [1.807, 2.05) is 56.4 Å². The summed E-state index contributed by atoms with van der Waals surface area (Å²) < 4.78 is 42.1. The Labute approximate surface area is 545 Å². The summed E-state index contributed by atoms with van der Waals surface area (Å²) in [5.74, 6) is -5.00. The standard InChI is InChI=1S/C73H116O18/c1-5-8-10-11-27-36-43-60(58(4)71(81)86-53-62(75)52-74)44-37-29-25-26-33-41-49-68(78)91-63(54-84-66(76)47-39-31-23-19-15-13-12-14-17-21-28-35-42-59(7-3)64-50-69(79)87-56-89-72(64)82)55-85-67(77)48-40-32-24-20-16-18-22-30-38-46-61(45-34-9-6-2)65-51-70(80)88-57-90-73(65)83/h12,14,21-22,28,30,35,37-38,42,44,46,58-65,74-75H,5-11,13,15-20,23-27,29,31-34,36,39-41,43,45,47-57H2,1-4H3/b14-12-,28-21-,30-22-,42-35+,44-37+,46-38+. The number of esters is 8. The van der Waals surface area contributed by atoms with Crippen LogP contribution in [0.25, 0.3) is 0 Å². The summed E-state index contributed by atoms with van der Waals surface area (Å²) in [6, 6.07) is 0. The van der Waals surface area contributed by atoms with Crippen LogP contribution >= 0.6 is 0 Å². The van der Waals surface area contributed by atoms with Gasteiger partial charge in [-0.3, -0.25) is 38.4 Å². The van der Waals surface area contributed by atoms with Crippen molar-refractivity contribution in [3.05, 3.63) is 72.9 Å². The quantitative estimate of drug-likeness (QED) is 0.0189. The number of aliphatic hydroxyl groups is 2. The predicted molar refractivity (Wildman–Crippen MR) is 350 cm³/mol. The number of allylic oxidation sites excluding steroid dienone is 12. The lowest BCUT2D eigenvalue weighted by molar-refractivity contribution is -0.167. The molecule has 2 fully saturated rings. The minimum atomic E-state index is -1.10. The highest BCUT2D eigenvalue weighted by atomic mass is 16.7. The molecule has 0 aromatic rings. The molecule has 516 valence electrons. The number of unbranched alkanes of at least 4 members (excludes halogenated alkanes) is 21. The molecule has 18 heteroatoms. The average molecular weight is 1280 g/mol. The third kappa shape index (κ3) is 42.1. The Kier molecular flexibility index (Phi) is 48.8. The highest BCUT2D eigenvalue weighted by molar-refractivity contribution is 5.82. The molecule has 2 rings (SSSR count). The summed E-state index contributed by atoms with van der Waals surface area (Å²) in [6.45, 7) is 6.34. The molecule has 0 bridgehead atoms. The highest BCUT2D eigenvalue weighted by Gasteiger charge is 2.34. The fourth-order valence-electron chi connectivity index (χ4n) is 10.8. The summed E-state index contributed by atoms with van der Waals surface area (Å²) in [7, 11) is 0. The molecule has 2 aliphatic heterocycles. The van der Waals surface area contributed by atoms with Gasteiger partial charge in [-0.1, -0.05) is 210 Å². The summed E-state index contributed by atoms with van der Waals surface area (Å²) in [4.78, 5) is 100. The van der Waals surface area contributed by atoms with Gasteiger partial charge >= 0.3 is 47.8 Å². The van der Waals surface area contributed by atoms with E-state index in [0.29, 0.717) is 25.7 Å². The molecule has 0 saturated carbocycles. The largest absolute Gasteiger partial charge is 0.463 e. The van der Waals surface area contributed by atoms with Gasteiger partial charge in [-0.05, 0) is 101 Å². The summed E-state index contributed by atoms with van der Waals surface area (Å²) in [5.41, 5.74) is 0. The van der Waals surface area contributed by atoms with E-state index < -0.39 is 72.4 Å². The Morgan fingerprint density at radius 1 is 0.495 bits per heavy atom. The third-order valence-electron chi connectivity index (χ3n) is 16.6. The maximum Gasteiger partial charge on any atom is 0.313 e. The first-order valence-corrected chi connectivity index (χ1v) is 34.8. The van der Waals surface area contributed by atoms with E-state index in [1.54, 1.807) is 0 Å². The molecule has 0 aliphatic carbocycles. The van der Waals surface area contributed by atoms with E-state index >= 15 is 0 Å². The molecule has 2 N–H and O–H groups in total. The second-order valence-corrected chi connectivity index (χ2v) is 24.3. The van der Waals surface area contributed by atoms with Crippen molar-refractivity contribution in [2.45, 2.75) is 265 Å². The molecule has 2 heterocycles. The van der Waals surface area contributed by atoms with Gasteiger partial charge in [0.05, 0.1) is 37.2 Å². The van der Waals surface area contributed by atoms with Crippen LogP contribution in [0.4, 0.5) is 0 Å². The van der Waals surface area contributed by atoms with Gasteiger partial charge in [-0.15, -0.1) is 0 Å². The van der Waals surface area contributed by atoms with Crippen LogP contribution in [0.3, 0.4) is 0 Å². The fraction of sp³-hybridized carbons (Fsp3) is 0.726. The second kappa shape index (κ2) is 54.7. The van der Waals surface area contributed by atoms with Crippen molar-refractivity contribution in [2.24, 2.45) is 35.5 Å². The summed E-state index contributed by atoms with van der Waals surface area (Å²) in [5, 5.41) is 18.8. The Morgan fingerprint density at radius 2 is 0.967 bits per heavy atom. The van der Waals surface area contributed by atoms with E-state index in [4.69, 9.17) is 43.0 Å². The number of aliphatic hydroxyl groups excluding tert-OH is 2. The molecule has 2 saturated heterocycles. The zero-order chi connectivity index (χ0) is 66.4. The molecule has 0 spiro atoms. The molecule has 8 unspecified atom stereocenters. The second-order valence-electron chi connectivity index (χ2n) is 24.3. The smallest absolute Gasteiger partial charge is 0.313 e. The van der Waals surface area contributed by atoms with Crippen molar-refractivity contribution in [3.63, 3.8) is 0 Å². The lowest BCUT2D eigenvalue weighted by Crippen LogP contribution is -2.30. The Hall–Kier alpha value is -5.88. The molecule has 2 aliphatic rings. The Morgan fingerprint density at radius 3 is 1.54 bits per heavy atom. The van der Waals surface area contributed by atoms with Gasteiger partial charge in [0.1, 0.15) is 25.9 Å². The van der Waals surface area contributed by atoms with Crippen molar-refractivity contribution in [1.29, 1.82) is 0 Å². The monoisotopic (exact) mass is 1280 g/mol. The third-order valence-corrected chi connectivity index (χ3v) is 16.6. The van der Waals surface area contributed by atoms with Crippen LogP contribution < -0.4 is 0 Å². The van der Waals surface area contributed by atoms with Crippen LogP contribution in [0.1, 0.15) is 252 Å². The normalized spacial score (nSPS) is 17.8. The molecule has 91 heavy (non-hydrogen) atoms. The SMILES string of the molecule is CCCCCCCCC(/C=C/CCCCCCC(=O)OC(COC(=O)CCCCCCC/C=C\C=C\C(CCCCC)C1CC(=O)OCOC1=O)COC(=O)CCCCCCC/C=C\C/C=C\C=C\C(CC)C1CC(=O)OCOC1=O)C(C)C(=O)OCC(O)CO. The van der Waals surface area contributed by atoms with E-state index in [0.717, 1.165) is 141 Å². The van der Waals surface area contributed by atoms with Crippen LogP contribution in [0.5, 0.6) is 0 Å². The number of cyclic esters (lactones) is 4. The minimum absolute atomic E-state index is 0.00415. The molecule has 0 amide bonds. The van der Waals surface area contributed by atoms with Gasteiger partial charge in [-0.2, -0.15) is 0 Å². The van der Waals surface area contributed by atoms with Gasteiger partial charge < -0.3 is 48.1 Å². The van der Waals surface area contributed by atoms with Crippen molar-refractivity contribution in [3.8, 4) is 0 Å². The first-order chi connectivity index (χ1) is 44.2. The molecular formula is C73H116O18. The topological polar surface area (TPSA) is 251 Å². The van der Waals surface area contributed by atoms with E-state index in [2.05, 4.69) is 44.2 Å². The average Bonchev–Trinajstić information content (AvgIpc) is 2.60. The van der Waals surface area contributed by atoms with Crippen LogP contribution in [-0.4, -0.2) is 110 Å². The van der Waals surface area contributed by atoms with Crippen molar-refractivity contribution in [2.75, 3.05) is 40.0 Å². The molecule has 18 nitrogen and oxygen atoms in total. The van der Waals surface area contributed by atoms with Crippen LogP contribution in [-0.2, 0) is 76.3 Å². The molecular weight excluding hydrogens is 1160 g/mol. The van der Waals surface area contributed by atoms with Crippen LogP contribution in [0.15, 0.2) is 72.9 Å². The molecule has 0 radical (unpaired) electrons. The van der Waals surface area contributed by atoms with Crippen molar-refractivity contribution >= 4 is 47.8 Å². The van der Waals surface area contributed by atoms with Gasteiger partial charge in [0.25, 0.3) is 0 Å².